The molecule has 3 N–H and O–H groups in total. The van der Waals surface area contributed by atoms with E-state index in [0.29, 0.717) is 54.5 Å². The lowest BCUT2D eigenvalue weighted by Gasteiger charge is -2.38. The fraction of sp³-hybridized carbons (Fsp3) is 0.455. The van der Waals surface area contributed by atoms with Gasteiger partial charge in [-0.25, -0.2) is 0 Å². The number of hydrogen-bond acceptors (Lipinski definition) is 6. The molecule has 1 aliphatic carbocycles. The highest BCUT2D eigenvalue weighted by Gasteiger charge is 2.42. The van der Waals surface area contributed by atoms with Gasteiger partial charge in [-0.05, 0) is 43.9 Å². The van der Waals surface area contributed by atoms with Crippen molar-refractivity contribution < 1.29 is 14.3 Å². The Balaban J connectivity index is 2.23. The van der Waals surface area contributed by atoms with Crippen molar-refractivity contribution in [2.24, 2.45) is 11.1 Å². The van der Waals surface area contributed by atoms with Crippen LogP contribution in [0.2, 0.25) is 0 Å². The highest BCUT2D eigenvalue weighted by atomic mass is 16.5. The minimum atomic E-state index is -0.563. The SMILES string of the molecule is CCOc1ccc(OCC)c([C@@H]2C(C#N)=C(N)NC3=C2C(=O)CC(C)(C)C3)c1. The topological polar surface area (TPSA) is 97.4 Å². The largest absolute Gasteiger partial charge is 0.494 e. The predicted molar refractivity (Wildman–Crippen MR) is 107 cm³/mol. The molecule has 0 spiro atoms. The molecule has 6 nitrogen and oxygen atoms in total. The van der Waals surface area contributed by atoms with Crippen LogP contribution in [0.5, 0.6) is 11.5 Å². The number of hydrogen-bond donors (Lipinski definition) is 2. The summed E-state index contributed by atoms with van der Waals surface area (Å²) in [5.74, 6) is 1.06. The van der Waals surface area contributed by atoms with E-state index in [1.807, 2.05) is 32.0 Å². The Morgan fingerprint density at radius 3 is 2.61 bits per heavy atom. The average Bonchev–Trinajstić information content (AvgIpc) is 2.61. The smallest absolute Gasteiger partial charge is 0.162 e. The van der Waals surface area contributed by atoms with Gasteiger partial charge in [0.15, 0.2) is 5.78 Å². The van der Waals surface area contributed by atoms with E-state index < -0.39 is 5.92 Å². The fourth-order valence-corrected chi connectivity index (χ4v) is 4.04. The van der Waals surface area contributed by atoms with E-state index in [1.54, 1.807) is 0 Å². The molecule has 1 atom stereocenters. The van der Waals surface area contributed by atoms with E-state index >= 15 is 0 Å². The van der Waals surface area contributed by atoms with Crippen LogP contribution in [0.15, 0.2) is 40.9 Å². The van der Waals surface area contributed by atoms with Crippen LogP contribution in [0.25, 0.3) is 0 Å². The third-order valence-electron chi connectivity index (χ3n) is 5.10. The Bertz CT molecular complexity index is 906. The average molecular weight is 381 g/mol. The molecular weight excluding hydrogens is 354 g/mol. The van der Waals surface area contributed by atoms with E-state index in [9.17, 15) is 10.1 Å². The molecule has 6 heteroatoms. The molecule has 2 aliphatic rings. The number of carbonyl (C=O) groups is 1. The first-order valence-electron chi connectivity index (χ1n) is 9.63. The van der Waals surface area contributed by atoms with Gasteiger partial charge in [-0.3, -0.25) is 4.79 Å². The van der Waals surface area contributed by atoms with Crippen LogP contribution in [0.4, 0.5) is 0 Å². The maximum absolute atomic E-state index is 13.1. The first kappa shape index (κ1) is 19.8. The normalized spacial score (nSPS) is 21.0. The van der Waals surface area contributed by atoms with Crippen LogP contribution in [-0.4, -0.2) is 19.0 Å². The van der Waals surface area contributed by atoms with Crippen molar-refractivity contribution in [1.29, 1.82) is 5.26 Å². The lowest BCUT2D eigenvalue weighted by Crippen LogP contribution is -2.39. The molecule has 0 amide bonds. The standard InChI is InChI=1S/C22H27N3O3/c1-5-27-13-7-8-18(28-6-2)14(9-13)19-15(12-23)21(24)25-16-10-22(3,4)11-17(26)20(16)19/h7-9,19,25H,5-6,10-11,24H2,1-4H3/t19-/m1/s1. The molecule has 1 aromatic carbocycles. The summed E-state index contributed by atoms with van der Waals surface area (Å²) in [6.45, 7) is 8.92. The van der Waals surface area contributed by atoms with Gasteiger partial charge < -0.3 is 20.5 Å². The number of rotatable bonds is 5. The number of nitrogens with two attached hydrogens (primary N) is 1. The van der Waals surface area contributed by atoms with Gasteiger partial charge in [-0.2, -0.15) is 5.26 Å². The van der Waals surface area contributed by atoms with Gasteiger partial charge in [0.1, 0.15) is 17.3 Å². The molecule has 148 valence electrons. The number of ether oxygens (including phenoxy) is 2. The van der Waals surface area contributed by atoms with E-state index in [4.69, 9.17) is 15.2 Å². The molecule has 0 saturated carbocycles. The zero-order valence-corrected chi connectivity index (χ0v) is 16.9. The van der Waals surface area contributed by atoms with E-state index in [2.05, 4.69) is 25.2 Å². The second kappa shape index (κ2) is 7.59. The Hall–Kier alpha value is -2.94. The zero-order chi connectivity index (χ0) is 20.5. The van der Waals surface area contributed by atoms with Crippen LogP contribution >= 0.6 is 0 Å². The van der Waals surface area contributed by atoms with Gasteiger partial charge in [0, 0.05) is 23.3 Å². The second-order valence-electron chi connectivity index (χ2n) is 7.90. The van der Waals surface area contributed by atoms with Crippen LogP contribution < -0.4 is 20.5 Å². The molecule has 1 aliphatic heterocycles. The number of carbonyl (C=O) groups excluding carboxylic acids is 1. The number of benzene rings is 1. The Morgan fingerprint density at radius 2 is 1.96 bits per heavy atom. The molecule has 1 heterocycles. The number of allylic oxidation sites excluding steroid dienone is 3. The van der Waals surface area contributed by atoms with Crippen molar-refractivity contribution in [3.63, 3.8) is 0 Å². The van der Waals surface area contributed by atoms with Gasteiger partial charge in [0.2, 0.25) is 0 Å². The number of nitriles is 1. The monoisotopic (exact) mass is 381 g/mol. The van der Waals surface area contributed by atoms with Crippen LogP contribution in [-0.2, 0) is 4.79 Å². The Labute approximate surface area is 166 Å². The molecule has 1 aromatic rings. The maximum Gasteiger partial charge on any atom is 0.162 e. The third-order valence-corrected chi connectivity index (χ3v) is 5.10. The summed E-state index contributed by atoms with van der Waals surface area (Å²) in [6, 6.07) is 7.72. The molecule has 0 fully saturated rings. The summed E-state index contributed by atoms with van der Waals surface area (Å²) in [5.41, 5.74) is 8.52. The molecule has 0 aromatic heterocycles. The van der Waals surface area contributed by atoms with E-state index in [-0.39, 0.29) is 11.2 Å². The van der Waals surface area contributed by atoms with Gasteiger partial charge in [0.25, 0.3) is 0 Å². The van der Waals surface area contributed by atoms with E-state index in [0.717, 1.165) is 11.3 Å². The second-order valence-corrected chi connectivity index (χ2v) is 7.90. The molecule has 0 bridgehead atoms. The first-order chi connectivity index (χ1) is 13.3. The van der Waals surface area contributed by atoms with Gasteiger partial charge in [0.05, 0.1) is 30.8 Å². The summed E-state index contributed by atoms with van der Waals surface area (Å²) in [6.07, 6.45) is 1.12. The summed E-state index contributed by atoms with van der Waals surface area (Å²) in [5, 5.41) is 12.9. The lowest BCUT2D eigenvalue weighted by atomic mass is 9.69. The molecule has 0 unspecified atom stereocenters. The van der Waals surface area contributed by atoms with Gasteiger partial charge >= 0.3 is 0 Å². The van der Waals surface area contributed by atoms with Crippen LogP contribution in [0, 0.1) is 16.7 Å². The molecule has 0 saturated heterocycles. The van der Waals surface area contributed by atoms with E-state index in [1.165, 1.54) is 0 Å². The van der Waals surface area contributed by atoms with Gasteiger partial charge in [-0.1, -0.05) is 13.8 Å². The van der Waals surface area contributed by atoms with Crippen LogP contribution in [0.1, 0.15) is 52.0 Å². The number of ketones is 1. The number of Topliss-reactive ketones (excluding diaryl/α,β-unsaturated/α-hetero) is 1. The molecular formula is C22H27N3O3. The van der Waals surface area contributed by atoms with Crippen molar-refractivity contribution in [1.82, 2.24) is 5.32 Å². The number of nitrogens with one attached hydrogen (secondary N) is 1. The predicted octanol–water partition coefficient (Wildman–Crippen LogP) is 3.51. The van der Waals surface area contributed by atoms with Crippen molar-refractivity contribution in [2.45, 2.75) is 46.5 Å². The third kappa shape index (κ3) is 3.57. The summed E-state index contributed by atoms with van der Waals surface area (Å²) in [7, 11) is 0. The number of dihydropyridines is 1. The Kier molecular flexibility index (Phi) is 5.37. The molecule has 3 rings (SSSR count). The van der Waals surface area contributed by atoms with Crippen molar-refractivity contribution in [2.75, 3.05) is 13.2 Å². The maximum atomic E-state index is 13.1. The summed E-state index contributed by atoms with van der Waals surface area (Å²) < 4.78 is 11.5. The van der Waals surface area contributed by atoms with Crippen LogP contribution in [0.3, 0.4) is 0 Å². The Morgan fingerprint density at radius 1 is 1.25 bits per heavy atom. The molecule has 28 heavy (non-hydrogen) atoms. The quantitative estimate of drug-likeness (QED) is 0.810. The van der Waals surface area contributed by atoms with Crippen molar-refractivity contribution >= 4 is 5.78 Å². The minimum absolute atomic E-state index is 0.0354. The molecule has 0 radical (unpaired) electrons. The first-order valence-corrected chi connectivity index (χ1v) is 9.63. The van der Waals surface area contributed by atoms with Crippen molar-refractivity contribution in [3.8, 4) is 17.6 Å². The zero-order valence-electron chi connectivity index (χ0n) is 16.9. The lowest BCUT2D eigenvalue weighted by molar-refractivity contribution is -0.118. The van der Waals surface area contributed by atoms with Crippen molar-refractivity contribution in [3.05, 3.63) is 46.4 Å². The summed E-state index contributed by atoms with van der Waals surface area (Å²) in [4.78, 5) is 13.1. The summed E-state index contributed by atoms with van der Waals surface area (Å²) >= 11 is 0. The minimum Gasteiger partial charge on any atom is -0.494 e. The highest BCUT2D eigenvalue weighted by molar-refractivity contribution is 6.00. The van der Waals surface area contributed by atoms with Gasteiger partial charge in [-0.15, -0.1) is 0 Å². The fourth-order valence-electron chi connectivity index (χ4n) is 4.04. The highest BCUT2D eigenvalue weighted by Crippen LogP contribution is 2.48. The number of nitrogens with zero attached hydrogens (tertiary/aromatic N) is 1.